The number of pyridine rings is 1. The molecular weight excluding hydrogens is 242 g/mol. The molecule has 19 heavy (non-hydrogen) atoms. The van der Waals surface area contributed by atoms with Crippen molar-refractivity contribution in [3.63, 3.8) is 0 Å². The first-order valence-electron chi connectivity index (χ1n) is 6.79. The second kappa shape index (κ2) is 4.83. The van der Waals surface area contributed by atoms with Crippen molar-refractivity contribution in [3.8, 4) is 0 Å². The van der Waals surface area contributed by atoms with Crippen LogP contribution < -0.4 is 5.43 Å². The number of carbonyl (C=O) groups is 1. The highest BCUT2D eigenvalue weighted by Crippen LogP contribution is 2.45. The summed E-state index contributed by atoms with van der Waals surface area (Å²) in [6.45, 7) is 5.59. The number of rotatable bonds is 2. The minimum Gasteiger partial charge on any atom is -0.481 e. The molecule has 1 aromatic rings. The van der Waals surface area contributed by atoms with Gasteiger partial charge >= 0.3 is 5.97 Å². The third-order valence-electron chi connectivity index (χ3n) is 4.42. The second-order valence-electron chi connectivity index (χ2n) is 5.83. The molecular formula is C15H21NO3. The molecule has 4 nitrogen and oxygen atoms in total. The minimum atomic E-state index is -0.747. The van der Waals surface area contributed by atoms with Gasteiger partial charge in [-0.3, -0.25) is 9.59 Å². The molecule has 1 aliphatic carbocycles. The van der Waals surface area contributed by atoms with Gasteiger partial charge in [0.25, 0.3) is 0 Å². The molecule has 2 unspecified atom stereocenters. The Labute approximate surface area is 113 Å². The number of nitrogens with zero attached hydrogens (tertiary/aromatic N) is 1. The Hall–Kier alpha value is -1.58. The van der Waals surface area contributed by atoms with Gasteiger partial charge in [0.2, 0.25) is 0 Å². The average molecular weight is 263 g/mol. The maximum atomic E-state index is 11.7. The number of aryl methyl sites for hydroxylation is 2. The normalized spacial score (nSPS) is 27.2. The fourth-order valence-electron chi connectivity index (χ4n) is 3.34. The monoisotopic (exact) mass is 263 g/mol. The van der Waals surface area contributed by atoms with E-state index < -0.39 is 11.4 Å². The average Bonchev–Trinajstić information content (AvgIpc) is 2.30. The van der Waals surface area contributed by atoms with E-state index in [1.54, 1.807) is 12.1 Å². The highest BCUT2D eigenvalue weighted by atomic mass is 16.4. The lowest BCUT2D eigenvalue weighted by Crippen LogP contribution is -2.41. The van der Waals surface area contributed by atoms with Crippen LogP contribution in [0.5, 0.6) is 0 Å². The molecule has 2 atom stereocenters. The van der Waals surface area contributed by atoms with Gasteiger partial charge in [0.05, 0.1) is 5.41 Å². The first kappa shape index (κ1) is 13.8. The zero-order valence-electron chi connectivity index (χ0n) is 11.8. The molecule has 0 spiro atoms. The van der Waals surface area contributed by atoms with Gasteiger partial charge in [-0.05, 0) is 33.6 Å². The van der Waals surface area contributed by atoms with Crippen LogP contribution in [0.2, 0.25) is 0 Å². The lowest BCUT2D eigenvalue weighted by atomic mass is 9.71. The van der Waals surface area contributed by atoms with Crippen LogP contribution in [0.1, 0.15) is 50.0 Å². The van der Waals surface area contributed by atoms with Crippen molar-refractivity contribution in [2.75, 3.05) is 0 Å². The molecule has 0 saturated heterocycles. The van der Waals surface area contributed by atoms with E-state index in [0.717, 1.165) is 30.7 Å². The van der Waals surface area contributed by atoms with E-state index in [4.69, 9.17) is 0 Å². The van der Waals surface area contributed by atoms with Gasteiger partial charge in [-0.25, -0.2) is 0 Å². The van der Waals surface area contributed by atoms with Crippen LogP contribution in [0, 0.1) is 19.3 Å². The highest BCUT2D eigenvalue weighted by molar-refractivity contribution is 5.75. The molecule has 4 heteroatoms. The molecule has 1 saturated carbocycles. The summed E-state index contributed by atoms with van der Waals surface area (Å²) in [4.78, 5) is 23.2. The van der Waals surface area contributed by atoms with Gasteiger partial charge in [0, 0.05) is 29.6 Å². The quantitative estimate of drug-likeness (QED) is 0.892. The van der Waals surface area contributed by atoms with Crippen molar-refractivity contribution >= 4 is 5.97 Å². The Balaban J connectivity index is 2.56. The summed E-state index contributed by atoms with van der Waals surface area (Å²) in [6.07, 6.45) is 3.54. The molecule has 0 amide bonds. The Bertz CT molecular complexity index is 535. The largest absolute Gasteiger partial charge is 0.481 e. The van der Waals surface area contributed by atoms with E-state index in [2.05, 4.69) is 0 Å². The smallest absolute Gasteiger partial charge is 0.311 e. The van der Waals surface area contributed by atoms with Gasteiger partial charge in [-0.15, -0.1) is 0 Å². The summed E-state index contributed by atoms with van der Waals surface area (Å²) >= 11 is 0. The van der Waals surface area contributed by atoms with Crippen molar-refractivity contribution in [1.29, 1.82) is 0 Å². The zero-order chi connectivity index (χ0) is 14.2. The maximum absolute atomic E-state index is 11.7. The molecule has 0 bridgehead atoms. The first-order chi connectivity index (χ1) is 8.86. The van der Waals surface area contributed by atoms with E-state index in [0.29, 0.717) is 6.42 Å². The van der Waals surface area contributed by atoms with Gasteiger partial charge in [0.1, 0.15) is 0 Å². The number of carboxylic acids is 1. The second-order valence-corrected chi connectivity index (χ2v) is 5.83. The van der Waals surface area contributed by atoms with Gasteiger partial charge < -0.3 is 9.67 Å². The number of hydrogen-bond acceptors (Lipinski definition) is 2. The van der Waals surface area contributed by atoms with E-state index in [1.165, 1.54) is 0 Å². The van der Waals surface area contributed by atoms with Crippen LogP contribution >= 0.6 is 0 Å². The molecule has 1 aromatic heterocycles. The Morgan fingerprint density at radius 2 is 1.89 bits per heavy atom. The lowest BCUT2D eigenvalue weighted by Gasteiger charge is -2.41. The molecule has 104 valence electrons. The van der Waals surface area contributed by atoms with Crippen LogP contribution in [0.4, 0.5) is 0 Å². The lowest BCUT2D eigenvalue weighted by molar-refractivity contribution is -0.153. The van der Waals surface area contributed by atoms with Crippen molar-refractivity contribution in [2.45, 2.75) is 52.5 Å². The maximum Gasteiger partial charge on any atom is 0.311 e. The molecule has 1 aliphatic rings. The number of aromatic nitrogens is 1. The van der Waals surface area contributed by atoms with Gasteiger partial charge in [0.15, 0.2) is 5.43 Å². The molecule has 1 heterocycles. The standard InChI is InChI=1S/C15H21NO3/c1-10-8-12(17)9-11(2)16(10)13-6-4-5-7-15(13,3)14(18)19/h8-9,13H,4-7H2,1-3H3,(H,18,19). The summed E-state index contributed by atoms with van der Waals surface area (Å²) in [5.41, 5.74) is 0.941. The van der Waals surface area contributed by atoms with E-state index in [1.807, 2.05) is 25.3 Å². The predicted octanol–water partition coefficient (Wildman–Crippen LogP) is 2.67. The predicted molar refractivity (Wildman–Crippen MR) is 73.4 cm³/mol. The summed E-state index contributed by atoms with van der Waals surface area (Å²) in [5, 5.41) is 9.59. The van der Waals surface area contributed by atoms with Crippen LogP contribution in [0.3, 0.4) is 0 Å². The molecule has 1 fully saturated rings. The molecule has 2 rings (SSSR count). The number of carboxylic acid groups (broad SMARTS) is 1. The molecule has 1 N–H and O–H groups in total. The van der Waals surface area contributed by atoms with Crippen molar-refractivity contribution in [2.24, 2.45) is 5.41 Å². The van der Waals surface area contributed by atoms with Gasteiger partial charge in [-0.2, -0.15) is 0 Å². The fourth-order valence-corrected chi connectivity index (χ4v) is 3.34. The van der Waals surface area contributed by atoms with E-state index in [-0.39, 0.29) is 11.5 Å². The summed E-state index contributed by atoms with van der Waals surface area (Å²) in [5.74, 6) is -0.741. The summed E-state index contributed by atoms with van der Waals surface area (Å²) in [7, 11) is 0. The topological polar surface area (TPSA) is 59.3 Å². The molecule has 0 radical (unpaired) electrons. The Morgan fingerprint density at radius 1 is 1.32 bits per heavy atom. The van der Waals surface area contributed by atoms with Crippen molar-refractivity contribution < 1.29 is 9.90 Å². The Kier molecular flexibility index (Phi) is 3.52. The van der Waals surface area contributed by atoms with Gasteiger partial charge in [-0.1, -0.05) is 12.8 Å². The number of hydrogen-bond donors (Lipinski definition) is 1. The Morgan fingerprint density at radius 3 is 2.42 bits per heavy atom. The SMILES string of the molecule is Cc1cc(=O)cc(C)n1C1CCCCC1(C)C(=O)O. The van der Waals surface area contributed by atoms with E-state index >= 15 is 0 Å². The molecule has 0 aliphatic heterocycles. The third-order valence-corrected chi connectivity index (χ3v) is 4.42. The van der Waals surface area contributed by atoms with Crippen LogP contribution in [0.15, 0.2) is 16.9 Å². The zero-order valence-corrected chi connectivity index (χ0v) is 11.8. The van der Waals surface area contributed by atoms with Crippen molar-refractivity contribution in [3.05, 3.63) is 33.7 Å². The summed E-state index contributed by atoms with van der Waals surface area (Å²) in [6, 6.07) is 3.10. The van der Waals surface area contributed by atoms with Crippen LogP contribution in [-0.2, 0) is 4.79 Å². The van der Waals surface area contributed by atoms with E-state index in [9.17, 15) is 14.7 Å². The third kappa shape index (κ3) is 2.31. The first-order valence-corrected chi connectivity index (χ1v) is 6.79. The van der Waals surface area contributed by atoms with Crippen molar-refractivity contribution in [1.82, 2.24) is 4.57 Å². The minimum absolute atomic E-state index is 0.0147. The fraction of sp³-hybridized carbons (Fsp3) is 0.600. The van der Waals surface area contributed by atoms with Crippen LogP contribution in [0.25, 0.3) is 0 Å². The molecule has 0 aromatic carbocycles. The summed E-state index contributed by atoms with van der Waals surface area (Å²) < 4.78 is 2.04. The highest BCUT2D eigenvalue weighted by Gasteiger charge is 2.44. The van der Waals surface area contributed by atoms with Crippen LogP contribution in [-0.4, -0.2) is 15.6 Å². The number of aliphatic carboxylic acids is 1.